The van der Waals surface area contributed by atoms with E-state index in [2.05, 4.69) is 0 Å². The van der Waals surface area contributed by atoms with Crippen LogP contribution in [0.25, 0.3) is 0 Å². The number of hydrogen-bond acceptors (Lipinski definition) is 4. The summed E-state index contributed by atoms with van der Waals surface area (Å²) in [7, 11) is -3.10. The van der Waals surface area contributed by atoms with Gasteiger partial charge in [-0.2, -0.15) is 13.2 Å². The highest BCUT2D eigenvalue weighted by atomic mass is 32.2. The van der Waals surface area contributed by atoms with Gasteiger partial charge in [0.15, 0.2) is 9.84 Å². The molecule has 1 N–H and O–H groups in total. The number of aliphatic hydroxyl groups is 1. The molecule has 1 aliphatic heterocycles. The van der Waals surface area contributed by atoms with Crippen LogP contribution >= 0.6 is 0 Å². The molecule has 19 heavy (non-hydrogen) atoms. The Kier molecular flexibility index (Phi) is 6.07. The van der Waals surface area contributed by atoms with Crippen LogP contribution in [0, 0.1) is 5.92 Å². The molecule has 0 amide bonds. The summed E-state index contributed by atoms with van der Waals surface area (Å²) in [6, 6.07) is 0. The normalized spacial score (nSPS) is 23.7. The molecule has 1 rings (SSSR count). The van der Waals surface area contributed by atoms with Gasteiger partial charge < -0.3 is 5.11 Å². The average molecular weight is 303 g/mol. The van der Waals surface area contributed by atoms with Gasteiger partial charge in [0.2, 0.25) is 0 Å². The molecular weight excluding hydrogens is 283 g/mol. The molecule has 0 aromatic rings. The smallest absolute Gasteiger partial charge is 0.396 e. The van der Waals surface area contributed by atoms with Gasteiger partial charge in [-0.3, -0.25) is 4.90 Å². The van der Waals surface area contributed by atoms with Gasteiger partial charge in [-0.05, 0) is 25.2 Å². The van der Waals surface area contributed by atoms with E-state index < -0.39 is 22.6 Å². The van der Waals surface area contributed by atoms with E-state index in [4.69, 9.17) is 5.11 Å². The largest absolute Gasteiger partial charge is 0.401 e. The molecule has 0 bridgehead atoms. The second-order valence-corrected chi connectivity index (χ2v) is 7.28. The van der Waals surface area contributed by atoms with E-state index in [0.717, 1.165) is 0 Å². The first kappa shape index (κ1) is 16.7. The maximum Gasteiger partial charge on any atom is 0.401 e. The van der Waals surface area contributed by atoms with Crippen molar-refractivity contribution in [1.82, 2.24) is 4.90 Å². The first-order valence-electron chi connectivity index (χ1n) is 6.32. The van der Waals surface area contributed by atoms with E-state index in [9.17, 15) is 21.6 Å². The second kappa shape index (κ2) is 6.90. The van der Waals surface area contributed by atoms with E-state index in [-0.39, 0.29) is 43.5 Å². The van der Waals surface area contributed by atoms with Crippen LogP contribution in [0.1, 0.15) is 19.3 Å². The van der Waals surface area contributed by atoms with Crippen molar-refractivity contribution < 1.29 is 26.7 Å². The monoisotopic (exact) mass is 303 g/mol. The van der Waals surface area contributed by atoms with Crippen LogP contribution in [-0.2, 0) is 9.84 Å². The first-order valence-corrected chi connectivity index (χ1v) is 8.14. The number of sulfone groups is 1. The van der Waals surface area contributed by atoms with Gasteiger partial charge in [-0.1, -0.05) is 0 Å². The van der Waals surface area contributed by atoms with Gasteiger partial charge in [0.05, 0.1) is 18.1 Å². The van der Waals surface area contributed by atoms with Crippen LogP contribution in [0.4, 0.5) is 13.2 Å². The standard InChI is InChI=1S/C11H20F3NO3S/c12-11(13,14)9-15(4-2-5-16)7-10-3-1-6-19(17,18)8-10/h10,16H,1-9H2. The van der Waals surface area contributed by atoms with Crippen molar-refractivity contribution in [3.05, 3.63) is 0 Å². The van der Waals surface area contributed by atoms with Gasteiger partial charge in [0.25, 0.3) is 0 Å². The Bertz CT molecular complexity index is 370. The van der Waals surface area contributed by atoms with E-state index in [1.807, 2.05) is 0 Å². The van der Waals surface area contributed by atoms with Crippen LogP contribution in [0.2, 0.25) is 0 Å². The number of hydrogen-bond donors (Lipinski definition) is 1. The van der Waals surface area contributed by atoms with Crippen molar-refractivity contribution in [2.24, 2.45) is 5.92 Å². The third kappa shape index (κ3) is 7.12. The summed E-state index contributed by atoms with van der Waals surface area (Å²) in [5, 5.41) is 8.70. The minimum atomic E-state index is -4.30. The van der Waals surface area contributed by atoms with E-state index in [1.54, 1.807) is 0 Å². The van der Waals surface area contributed by atoms with Crippen LogP contribution in [0.15, 0.2) is 0 Å². The molecule has 1 heterocycles. The molecule has 0 saturated carbocycles. The maximum atomic E-state index is 12.4. The minimum absolute atomic E-state index is 0.0273. The SMILES string of the molecule is O=S1(=O)CCCC(CN(CCCO)CC(F)(F)F)C1. The number of aliphatic hydroxyl groups excluding tert-OH is 1. The zero-order chi connectivity index (χ0) is 14.5. The van der Waals surface area contributed by atoms with E-state index in [0.29, 0.717) is 12.8 Å². The van der Waals surface area contributed by atoms with Crippen molar-refractivity contribution in [1.29, 1.82) is 0 Å². The van der Waals surface area contributed by atoms with Gasteiger partial charge in [0, 0.05) is 19.7 Å². The topological polar surface area (TPSA) is 57.6 Å². The number of nitrogens with zero attached hydrogens (tertiary/aromatic N) is 1. The third-order valence-corrected chi connectivity index (χ3v) is 5.00. The minimum Gasteiger partial charge on any atom is -0.396 e. The Morgan fingerprint density at radius 2 is 2.00 bits per heavy atom. The lowest BCUT2D eigenvalue weighted by molar-refractivity contribution is -0.147. The van der Waals surface area contributed by atoms with E-state index >= 15 is 0 Å². The molecule has 1 saturated heterocycles. The molecule has 1 aliphatic rings. The van der Waals surface area contributed by atoms with E-state index in [1.165, 1.54) is 4.90 Å². The Balaban J connectivity index is 2.55. The van der Waals surface area contributed by atoms with Gasteiger partial charge in [-0.15, -0.1) is 0 Å². The molecule has 1 fully saturated rings. The summed E-state index contributed by atoms with van der Waals surface area (Å²) in [4.78, 5) is 1.20. The van der Waals surface area contributed by atoms with Crippen LogP contribution < -0.4 is 0 Å². The average Bonchev–Trinajstić information content (AvgIpc) is 2.22. The Hall–Kier alpha value is -0.340. The van der Waals surface area contributed by atoms with Gasteiger partial charge in [-0.25, -0.2) is 8.42 Å². The van der Waals surface area contributed by atoms with Crippen molar-refractivity contribution in [2.45, 2.75) is 25.4 Å². The molecule has 0 aromatic heterocycles. The Morgan fingerprint density at radius 1 is 1.32 bits per heavy atom. The van der Waals surface area contributed by atoms with Crippen LogP contribution in [0.3, 0.4) is 0 Å². The van der Waals surface area contributed by atoms with Crippen LogP contribution in [-0.4, -0.2) is 62.3 Å². The molecule has 4 nitrogen and oxygen atoms in total. The van der Waals surface area contributed by atoms with Crippen molar-refractivity contribution in [2.75, 3.05) is 37.7 Å². The molecular formula is C11H20F3NO3S. The lowest BCUT2D eigenvalue weighted by Gasteiger charge is -2.30. The van der Waals surface area contributed by atoms with Gasteiger partial charge >= 0.3 is 6.18 Å². The van der Waals surface area contributed by atoms with Gasteiger partial charge in [0.1, 0.15) is 0 Å². The lowest BCUT2D eigenvalue weighted by Crippen LogP contribution is -2.41. The number of alkyl halides is 3. The van der Waals surface area contributed by atoms with Crippen LogP contribution in [0.5, 0.6) is 0 Å². The van der Waals surface area contributed by atoms with Crippen molar-refractivity contribution >= 4 is 9.84 Å². The number of halogens is 3. The quantitative estimate of drug-likeness (QED) is 0.797. The number of rotatable bonds is 6. The summed E-state index contributed by atoms with van der Waals surface area (Å²) in [5.41, 5.74) is 0. The summed E-state index contributed by atoms with van der Waals surface area (Å²) in [5.74, 6) is -0.125. The molecule has 0 spiro atoms. The predicted octanol–water partition coefficient (Wildman–Crippen LogP) is 1.06. The molecule has 0 aliphatic carbocycles. The molecule has 1 atom stereocenters. The first-order chi connectivity index (χ1) is 8.72. The summed E-state index contributed by atoms with van der Waals surface area (Å²) in [6.45, 7) is -0.966. The molecule has 0 radical (unpaired) electrons. The summed E-state index contributed by atoms with van der Waals surface area (Å²) >= 11 is 0. The molecule has 0 aromatic carbocycles. The molecule has 1 unspecified atom stereocenters. The Labute approximate surface area is 111 Å². The lowest BCUT2D eigenvalue weighted by atomic mass is 10.0. The Morgan fingerprint density at radius 3 is 2.53 bits per heavy atom. The van der Waals surface area contributed by atoms with Crippen molar-refractivity contribution in [3.63, 3.8) is 0 Å². The molecule has 8 heteroatoms. The maximum absolute atomic E-state index is 12.4. The third-order valence-electron chi connectivity index (χ3n) is 3.11. The fourth-order valence-electron chi connectivity index (χ4n) is 2.41. The zero-order valence-corrected chi connectivity index (χ0v) is 11.5. The fourth-order valence-corrected chi connectivity index (χ4v) is 4.17. The summed E-state index contributed by atoms with van der Waals surface area (Å²) < 4.78 is 60.2. The highest BCUT2D eigenvalue weighted by Crippen LogP contribution is 2.22. The zero-order valence-electron chi connectivity index (χ0n) is 10.7. The van der Waals surface area contributed by atoms with Crippen molar-refractivity contribution in [3.8, 4) is 0 Å². The molecule has 114 valence electrons. The predicted molar refractivity (Wildman–Crippen MR) is 65.6 cm³/mol. The fraction of sp³-hybridized carbons (Fsp3) is 1.00. The summed E-state index contributed by atoms with van der Waals surface area (Å²) in [6.07, 6.45) is -2.88. The highest BCUT2D eigenvalue weighted by molar-refractivity contribution is 7.91. The second-order valence-electron chi connectivity index (χ2n) is 5.05. The highest BCUT2D eigenvalue weighted by Gasteiger charge is 2.33.